The second-order valence-corrected chi connectivity index (χ2v) is 9.41. The third-order valence-corrected chi connectivity index (χ3v) is 5.59. The Hall–Kier alpha value is -3.14. The monoisotopic (exact) mass is 475 g/mol. The highest BCUT2D eigenvalue weighted by atomic mass is 32.1. The molecule has 1 aromatic carbocycles. The van der Waals surface area contributed by atoms with Crippen molar-refractivity contribution >= 4 is 40.6 Å². The first-order valence-electron chi connectivity index (χ1n) is 10.9. The van der Waals surface area contributed by atoms with E-state index in [1.807, 2.05) is 34.6 Å². The molecule has 0 saturated carbocycles. The fraction of sp³-hybridized carbons (Fsp3) is 0.478. The minimum Gasteiger partial charge on any atom is -0.494 e. The Morgan fingerprint density at radius 1 is 1.18 bits per heavy atom. The molecule has 33 heavy (non-hydrogen) atoms. The zero-order valence-corrected chi connectivity index (χ0v) is 20.6. The van der Waals surface area contributed by atoms with Gasteiger partial charge in [-0.05, 0) is 69.9 Å². The van der Waals surface area contributed by atoms with Crippen LogP contribution in [0.25, 0.3) is 0 Å². The minimum atomic E-state index is -0.816. The predicted octanol–water partition coefficient (Wildman–Crippen LogP) is 3.34. The van der Waals surface area contributed by atoms with Gasteiger partial charge in [-0.2, -0.15) is 4.37 Å². The molecule has 1 atom stereocenters. The smallest absolute Gasteiger partial charge is 0.272 e. The summed E-state index contributed by atoms with van der Waals surface area (Å²) >= 11 is 0.790. The molecule has 3 amide bonds. The number of nitrogens with zero attached hydrogens (tertiary/aromatic N) is 2. The van der Waals surface area contributed by atoms with Crippen LogP contribution in [0.3, 0.4) is 0 Å². The summed E-state index contributed by atoms with van der Waals surface area (Å²) in [6.45, 7) is 10.0. The first-order chi connectivity index (χ1) is 15.5. The Bertz CT molecular complexity index is 982. The topological polar surface area (TPSA) is 141 Å². The van der Waals surface area contributed by atoms with E-state index in [-0.39, 0.29) is 22.2 Å². The maximum atomic E-state index is 13.7. The number of hydrogen-bond donors (Lipinski definition) is 3. The molecule has 1 unspecified atom stereocenters. The fourth-order valence-electron chi connectivity index (χ4n) is 3.27. The molecular weight excluding hydrogens is 442 g/mol. The fourth-order valence-corrected chi connectivity index (χ4v) is 4.02. The number of anilines is 2. The van der Waals surface area contributed by atoms with Crippen LogP contribution in [-0.2, 0) is 4.79 Å². The second-order valence-electron chi connectivity index (χ2n) is 8.64. The van der Waals surface area contributed by atoms with Crippen molar-refractivity contribution in [2.24, 2.45) is 5.73 Å². The third kappa shape index (κ3) is 6.67. The molecule has 2 rings (SSSR count). The van der Waals surface area contributed by atoms with Crippen LogP contribution in [-0.4, -0.2) is 40.3 Å². The number of unbranched alkanes of at least 4 members (excludes halogenated alkanes) is 1. The molecule has 1 aromatic heterocycles. The van der Waals surface area contributed by atoms with Gasteiger partial charge in [0.15, 0.2) is 5.69 Å². The van der Waals surface area contributed by atoms with E-state index < -0.39 is 23.4 Å². The van der Waals surface area contributed by atoms with Crippen LogP contribution in [0, 0.1) is 0 Å². The molecular formula is C23H33N5O4S. The number of rotatable bonds is 10. The molecule has 9 nitrogen and oxygen atoms in total. The van der Waals surface area contributed by atoms with Crippen LogP contribution in [0.1, 0.15) is 74.0 Å². The van der Waals surface area contributed by atoms with Crippen LogP contribution in [0.2, 0.25) is 0 Å². The summed E-state index contributed by atoms with van der Waals surface area (Å²) < 4.78 is 9.46. The van der Waals surface area contributed by atoms with E-state index >= 15 is 0 Å². The number of nitrogens with two attached hydrogens (primary N) is 2. The number of carbonyl (C=O) groups excluding carboxylic acids is 3. The molecule has 180 valence electrons. The maximum Gasteiger partial charge on any atom is 0.272 e. The van der Waals surface area contributed by atoms with Gasteiger partial charge in [-0.1, -0.05) is 19.8 Å². The van der Waals surface area contributed by atoms with Gasteiger partial charge in [0.05, 0.1) is 12.3 Å². The lowest BCUT2D eigenvalue weighted by atomic mass is 10.0. The largest absolute Gasteiger partial charge is 0.494 e. The number of nitrogens with one attached hydrogen (secondary N) is 1. The molecule has 0 bridgehead atoms. The summed E-state index contributed by atoms with van der Waals surface area (Å²) in [7, 11) is 0. The van der Waals surface area contributed by atoms with E-state index in [1.165, 1.54) is 4.90 Å². The predicted molar refractivity (Wildman–Crippen MR) is 131 cm³/mol. The van der Waals surface area contributed by atoms with Crippen molar-refractivity contribution in [1.29, 1.82) is 0 Å². The van der Waals surface area contributed by atoms with Crippen molar-refractivity contribution in [1.82, 2.24) is 9.69 Å². The van der Waals surface area contributed by atoms with Crippen molar-refractivity contribution in [3.63, 3.8) is 0 Å². The third-order valence-electron chi connectivity index (χ3n) is 4.74. The van der Waals surface area contributed by atoms with Gasteiger partial charge in [-0.15, -0.1) is 0 Å². The number of hydrogen-bond acceptors (Lipinski definition) is 7. The lowest BCUT2D eigenvalue weighted by Crippen LogP contribution is -2.54. The molecule has 0 radical (unpaired) electrons. The van der Waals surface area contributed by atoms with Crippen LogP contribution >= 0.6 is 11.5 Å². The Kier molecular flexibility index (Phi) is 8.81. The van der Waals surface area contributed by atoms with Gasteiger partial charge in [-0.3, -0.25) is 19.3 Å². The average molecular weight is 476 g/mol. The molecule has 5 N–H and O–H groups in total. The molecule has 0 saturated heterocycles. The van der Waals surface area contributed by atoms with E-state index in [2.05, 4.69) is 9.69 Å². The zero-order valence-electron chi connectivity index (χ0n) is 19.8. The zero-order chi connectivity index (χ0) is 24.8. The molecule has 0 aliphatic rings. The van der Waals surface area contributed by atoms with Crippen molar-refractivity contribution in [2.45, 2.75) is 65.5 Å². The summed E-state index contributed by atoms with van der Waals surface area (Å²) in [6, 6.07) is 6.12. The summed E-state index contributed by atoms with van der Waals surface area (Å²) in [4.78, 5) is 40.2. The number of primary amides is 1. The van der Waals surface area contributed by atoms with Crippen LogP contribution in [0.15, 0.2) is 24.3 Å². The number of nitrogen functional groups attached to an aromatic ring is 1. The number of amides is 3. The Morgan fingerprint density at radius 2 is 1.82 bits per heavy atom. The van der Waals surface area contributed by atoms with Gasteiger partial charge in [0, 0.05) is 11.2 Å². The number of aromatic nitrogens is 1. The van der Waals surface area contributed by atoms with E-state index in [0.717, 1.165) is 24.4 Å². The van der Waals surface area contributed by atoms with Gasteiger partial charge in [0.2, 0.25) is 5.91 Å². The second kappa shape index (κ2) is 11.1. The van der Waals surface area contributed by atoms with E-state index in [1.54, 1.807) is 24.3 Å². The van der Waals surface area contributed by atoms with Gasteiger partial charge in [0.25, 0.3) is 11.8 Å². The van der Waals surface area contributed by atoms with Gasteiger partial charge in [-0.25, -0.2) is 0 Å². The number of benzene rings is 1. The molecule has 0 spiro atoms. The Labute approximate surface area is 198 Å². The van der Waals surface area contributed by atoms with E-state index in [0.29, 0.717) is 24.5 Å². The van der Waals surface area contributed by atoms with Crippen molar-refractivity contribution in [2.75, 3.05) is 17.2 Å². The SMILES string of the molecule is CCCCC(C(=O)NC(C)(C)C)N(C(=O)c1snc(C(N)=O)c1N)c1ccc(OCC)cc1. The average Bonchev–Trinajstić information content (AvgIpc) is 3.12. The highest BCUT2D eigenvalue weighted by Crippen LogP contribution is 2.30. The van der Waals surface area contributed by atoms with Gasteiger partial charge >= 0.3 is 0 Å². The summed E-state index contributed by atoms with van der Waals surface area (Å²) in [5.41, 5.74) is 11.1. The van der Waals surface area contributed by atoms with Crippen molar-refractivity contribution < 1.29 is 19.1 Å². The molecule has 2 aromatic rings. The molecule has 1 heterocycles. The van der Waals surface area contributed by atoms with E-state index in [4.69, 9.17) is 16.2 Å². The van der Waals surface area contributed by atoms with Crippen molar-refractivity contribution in [3.8, 4) is 5.75 Å². The van der Waals surface area contributed by atoms with Crippen LogP contribution < -0.4 is 26.4 Å². The van der Waals surface area contributed by atoms with E-state index in [9.17, 15) is 14.4 Å². The lowest BCUT2D eigenvalue weighted by molar-refractivity contribution is -0.123. The maximum absolute atomic E-state index is 13.7. The normalized spacial score (nSPS) is 12.2. The molecule has 0 aliphatic carbocycles. The first kappa shape index (κ1) is 26.1. The Balaban J connectivity index is 2.59. The molecule has 0 fully saturated rings. The highest BCUT2D eigenvalue weighted by Gasteiger charge is 2.35. The number of ether oxygens (including phenoxy) is 1. The summed E-state index contributed by atoms with van der Waals surface area (Å²) in [5, 5.41) is 2.98. The highest BCUT2D eigenvalue weighted by molar-refractivity contribution is 7.09. The quantitative estimate of drug-likeness (QED) is 0.481. The van der Waals surface area contributed by atoms with Crippen LogP contribution in [0.4, 0.5) is 11.4 Å². The number of carbonyl (C=O) groups is 3. The van der Waals surface area contributed by atoms with Crippen molar-refractivity contribution in [3.05, 3.63) is 34.8 Å². The lowest BCUT2D eigenvalue weighted by Gasteiger charge is -2.33. The van der Waals surface area contributed by atoms with Crippen LogP contribution in [0.5, 0.6) is 5.75 Å². The first-order valence-corrected chi connectivity index (χ1v) is 11.7. The molecule has 10 heteroatoms. The van der Waals surface area contributed by atoms with Gasteiger partial charge < -0.3 is 21.5 Å². The Morgan fingerprint density at radius 3 is 2.30 bits per heavy atom. The van der Waals surface area contributed by atoms with Gasteiger partial charge in [0.1, 0.15) is 16.7 Å². The minimum absolute atomic E-state index is 0.0581. The summed E-state index contributed by atoms with van der Waals surface area (Å²) in [6.07, 6.45) is 2.02. The molecule has 0 aliphatic heterocycles. The standard InChI is InChI=1S/C23H33N5O4S/c1-6-8-9-16(21(30)26-23(3,4)5)28(14-10-12-15(13-11-14)32-7-2)22(31)19-17(24)18(20(25)29)27-33-19/h10-13,16H,6-9,24H2,1-5H3,(H2,25,29)(H,26,30). The summed E-state index contributed by atoms with van der Waals surface area (Å²) in [5.74, 6) is -0.974.